The van der Waals surface area contributed by atoms with Crippen LogP contribution in [0.15, 0.2) is 28.9 Å². The van der Waals surface area contributed by atoms with Gasteiger partial charge in [0.05, 0.1) is 0 Å². The lowest BCUT2D eigenvalue weighted by Gasteiger charge is -2.19. The van der Waals surface area contributed by atoms with Gasteiger partial charge in [0.2, 0.25) is 0 Å². The maximum absolute atomic E-state index is 12.3. The summed E-state index contributed by atoms with van der Waals surface area (Å²) in [4.78, 5) is 13.9. The van der Waals surface area contributed by atoms with Crippen LogP contribution in [0.25, 0.3) is 0 Å². The number of hydrogen-bond donors (Lipinski definition) is 0. The molecule has 0 radical (unpaired) electrons. The first-order valence-corrected chi connectivity index (χ1v) is 6.39. The van der Waals surface area contributed by atoms with Gasteiger partial charge in [-0.2, -0.15) is 0 Å². The highest BCUT2D eigenvalue weighted by Crippen LogP contribution is 2.20. The van der Waals surface area contributed by atoms with E-state index >= 15 is 0 Å². The summed E-state index contributed by atoms with van der Waals surface area (Å²) >= 11 is 3.41. The first-order valence-electron chi connectivity index (χ1n) is 5.60. The van der Waals surface area contributed by atoms with Crippen LogP contribution in [0, 0.1) is 0 Å². The number of likely N-dealkylation sites (N-methyl/N-ethyl adjacent to an activating group) is 1. The van der Waals surface area contributed by atoms with E-state index in [1.54, 1.807) is 11.9 Å². The van der Waals surface area contributed by atoms with Gasteiger partial charge in [0, 0.05) is 30.3 Å². The standard InChI is InChI=1S/C13H19BrN2O/c1-9(2)7-15(5)13(17)12-6-11(14)8-16(12)10(3)4/h6,8,10H,1,7H2,2-5H3. The number of halogens is 1. The highest BCUT2D eigenvalue weighted by molar-refractivity contribution is 9.10. The summed E-state index contributed by atoms with van der Waals surface area (Å²) < 4.78 is 2.90. The van der Waals surface area contributed by atoms with E-state index in [0.29, 0.717) is 12.2 Å². The average molecular weight is 299 g/mol. The fourth-order valence-electron chi connectivity index (χ4n) is 1.72. The maximum Gasteiger partial charge on any atom is 0.270 e. The molecule has 17 heavy (non-hydrogen) atoms. The van der Waals surface area contributed by atoms with Crippen molar-refractivity contribution < 1.29 is 4.79 Å². The second kappa shape index (κ2) is 5.54. The Balaban J connectivity index is 2.99. The third kappa shape index (κ3) is 3.46. The molecule has 0 saturated carbocycles. The number of aromatic nitrogens is 1. The van der Waals surface area contributed by atoms with Gasteiger partial charge in [-0.3, -0.25) is 4.79 Å². The summed E-state index contributed by atoms with van der Waals surface area (Å²) in [6.45, 7) is 10.4. The van der Waals surface area contributed by atoms with Gasteiger partial charge in [-0.05, 0) is 42.8 Å². The molecule has 0 aliphatic heterocycles. The Morgan fingerprint density at radius 1 is 1.59 bits per heavy atom. The predicted molar refractivity (Wildman–Crippen MR) is 74.3 cm³/mol. The second-order valence-corrected chi connectivity index (χ2v) is 5.58. The summed E-state index contributed by atoms with van der Waals surface area (Å²) in [6, 6.07) is 2.12. The molecule has 0 spiro atoms. The van der Waals surface area contributed by atoms with E-state index < -0.39 is 0 Å². The molecule has 0 aliphatic carbocycles. The molecule has 0 unspecified atom stereocenters. The Kier molecular flexibility index (Phi) is 4.57. The van der Waals surface area contributed by atoms with Crippen molar-refractivity contribution in [3.8, 4) is 0 Å². The Bertz CT molecular complexity index is 435. The minimum atomic E-state index is 0.0207. The molecule has 0 aromatic carbocycles. The van der Waals surface area contributed by atoms with Crippen molar-refractivity contribution in [2.45, 2.75) is 26.8 Å². The van der Waals surface area contributed by atoms with Gasteiger partial charge in [-0.15, -0.1) is 0 Å². The Hall–Kier alpha value is -1.03. The molecule has 0 N–H and O–H groups in total. The first-order chi connectivity index (χ1) is 7.82. The molecule has 3 nitrogen and oxygen atoms in total. The molecule has 1 aromatic rings. The van der Waals surface area contributed by atoms with Gasteiger partial charge < -0.3 is 9.47 Å². The Morgan fingerprint density at radius 3 is 2.65 bits per heavy atom. The van der Waals surface area contributed by atoms with E-state index in [4.69, 9.17) is 0 Å². The van der Waals surface area contributed by atoms with Crippen LogP contribution < -0.4 is 0 Å². The smallest absolute Gasteiger partial charge is 0.270 e. The molecular weight excluding hydrogens is 280 g/mol. The lowest BCUT2D eigenvalue weighted by molar-refractivity contribution is 0.0795. The highest BCUT2D eigenvalue weighted by atomic mass is 79.9. The number of rotatable bonds is 4. The van der Waals surface area contributed by atoms with Crippen molar-refractivity contribution in [1.82, 2.24) is 9.47 Å². The van der Waals surface area contributed by atoms with E-state index in [2.05, 4.69) is 36.4 Å². The molecule has 0 fully saturated rings. The zero-order valence-electron chi connectivity index (χ0n) is 10.8. The lowest BCUT2D eigenvalue weighted by Crippen LogP contribution is -2.30. The summed E-state index contributed by atoms with van der Waals surface area (Å²) in [5.74, 6) is 0.0207. The van der Waals surface area contributed by atoms with Crippen molar-refractivity contribution in [1.29, 1.82) is 0 Å². The average Bonchev–Trinajstić information content (AvgIpc) is 2.58. The predicted octanol–water partition coefficient (Wildman–Crippen LogP) is 3.48. The van der Waals surface area contributed by atoms with Crippen molar-refractivity contribution in [2.24, 2.45) is 0 Å². The number of hydrogen-bond acceptors (Lipinski definition) is 1. The minimum absolute atomic E-state index is 0.0207. The van der Waals surface area contributed by atoms with E-state index in [1.165, 1.54) is 0 Å². The van der Waals surface area contributed by atoms with Crippen molar-refractivity contribution in [3.63, 3.8) is 0 Å². The van der Waals surface area contributed by atoms with E-state index in [1.807, 2.05) is 23.8 Å². The van der Waals surface area contributed by atoms with Gasteiger partial charge in [0.1, 0.15) is 5.69 Å². The van der Waals surface area contributed by atoms with Crippen LogP contribution in [0.5, 0.6) is 0 Å². The van der Waals surface area contributed by atoms with Crippen LogP contribution in [0.2, 0.25) is 0 Å². The number of amides is 1. The third-order valence-electron chi connectivity index (χ3n) is 2.44. The lowest BCUT2D eigenvalue weighted by atomic mass is 10.3. The molecule has 4 heteroatoms. The van der Waals surface area contributed by atoms with Crippen LogP contribution in [0.4, 0.5) is 0 Å². The van der Waals surface area contributed by atoms with E-state index in [0.717, 1.165) is 10.0 Å². The quantitative estimate of drug-likeness (QED) is 0.781. The zero-order chi connectivity index (χ0) is 13.2. The van der Waals surface area contributed by atoms with Gasteiger partial charge in [0.15, 0.2) is 0 Å². The molecule has 0 saturated heterocycles. The van der Waals surface area contributed by atoms with Gasteiger partial charge in [-0.1, -0.05) is 12.2 Å². The molecule has 1 heterocycles. The summed E-state index contributed by atoms with van der Waals surface area (Å²) in [5.41, 5.74) is 1.68. The summed E-state index contributed by atoms with van der Waals surface area (Å²) in [6.07, 6.45) is 1.94. The van der Waals surface area contributed by atoms with E-state index in [9.17, 15) is 4.79 Å². The molecule has 0 bridgehead atoms. The molecule has 1 rings (SSSR count). The fourth-order valence-corrected chi connectivity index (χ4v) is 2.15. The summed E-state index contributed by atoms with van der Waals surface area (Å²) in [7, 11) is 1.79. The SMILES string of the molecule is C=C(C)CN(C)C(=O)c1cc(Br)cn1C(C)C. The Labute approximate surface area is 111 Å². The zero-order valence-corrected chi connectivity index (χ0v) is 12.4. The van der Waals surface area contributed by atoms with Gasteiger partial charge >= 0.3 is 0 Å². The van der Waals surface area contributed by atoms with Crippen LogP contribution in [-0.2, 0) is 0 Å². The van der Waals surface area contributed by atoms with Crippen molar-refractivity contribution >= 4 is 21.8 Å². The Morgan fingerprint density at radius 2 is 2.18 bits per heavy atom. The molecule has 0 aliphatic rings. The molecule has 0 atom stereocenters. The summed E-state index contributed by atoms with van der Waals surface area (Å²) in [5, 5.41) is 0. The van der Waals surface area contributed by atoms with Gasteiger partial charge in [-0.25, -0.2) is 0 Å². The number of carbonyl (C=O) groups is 1. The third-order valence-corrected chi connectivity index (χ3v) is 2.88. The maximum atomic E-state index is 12.3. The van der Waals surface area contributed by atoms with Crippen LogP contribution in [0.1, 0.15) is 37.3 Å². The van der Waals surface area contributed by atoms with Crippen LogP contribution in [-0.4, -0.2) is 29.0 Å². The molecule has 1 amide bonds. The monoisotopic (exact) mass is 298 g/mol. The molecule has 94 valence electrons. The number of nitrogens with zero attached hydrogens (tertiary/aromatic N) is 2. The van der Waals surface area contributed by atoms with Crippen molar-refractivity contribution in [2.75, 3.05) is 13.6 Å². The van der Waals surface area contributed by atoms with Crippen LogP contribution in [0.3, 0.4) is 0 Å². The molecular formula is C13H19BrN2O. The molecule has 1 aromatic heterocycles. The normalized spacial score (nSPS) is 10.7. The van der Waals surface area contributed by atoms with Gasteiger partial charge in [0.25, 0.3) is 5.91 Å². The first kappa shape index (κ1) is 14.0. The minimum Gasteiger partial charge on any atom is -0.340 e. The van der Waals surface area contributed by atoms with Crippen molar-refractivity contribution in [3.05, 3.63) is 34.6 Å². The highest BCUT2D eigenvalue weighted by Gasteiger charge is 2.18. The number of carbonyl (C=O) groups excluding carboxylic acids is 1. The second-order valence-electron chi connectivity index (χ2n) is 4.66. The van der Waals surface area contributed by atoms with E-state index in [-0.39, 0.29) is 11.9 Å². The van der Waals surface area contributed by atoms with Crippen LogP contribution >= 0.6 is 15.9 Å². The largest absolute Gasteiger partial charge is 0.340 e. The fraction of sp³-hybridized carbons (Fsp3) is 0.462. The topological polar surface area (TPSA) is 25.2 Å².